The van der Waals surface area contributed by atoms with Crippen molar-refractivity contribution < 1.29 is 4.74 Å². The van der Waals surface area contributed by atoms with Gasteiger partial charge in [0, 0.05) is 46.2 Å². The summed E-state index contributed by atoms with van der Waals surface area (Å²) in [5.41, 5.74) is 2.09. The first-order chi connectivity index (χ1) is 18.7. The molecule has 2 aromatic heterocycles. The number of thiazole rings is 1. The molecule has 0 saturated carbocycles. The molecule has 3 heterocycles. The molecule has 1 aliphatic heterocycles. The number of anilines is 1. The lowest BCUT2D eigenvalue weighted by Gasteiger charge is -2.20. The molecule has 3 aromatic rings. The SMILES string of the molecule is CN(C)c1ccc(/C=C/c2ccc(/C=C/c3ncc(/C=C/C4=C(C#N)C(=C(C#N)C#N)OC4(C)C)s3)s2)cc1. The Morgan fingerprint density at radius 3 is 2.10 bits per heavy atom. The number of thiophene rings is 1. The maximum absolute atomic E-state index is 9.68. The Kier molecular flexibility index (Phi) is 8.27. The fraction of sp³-hybridized carbons (Fsp3) is 0.161. The van der Waals surface area contributed by atoms with Crippen LogP contribution < -0.4 is 4.90 Å². The van der Waals surface area contributed by atoms with Crippen molar-refractivity contribution in [2.75, 3.05) is 19.0 Å². The molecule has 6 nitrogen and oxygen atoms in total. The van der Waals surface area contributed by atoms with Crippen molar-refractivity contribution in [3.63, 3.8) is 0 Å². The van der Waals surface area contributed by atoms with Gasteiger partial charge in [0.15, 0.2) is 11.3 Å². The van der Waals surface area contributed by atoms with Gasteiger partial charge in [-0.05, 0) is 68.0 Å². The zero-order valence-electron chi connectivity index (χ0n) is 22.0. The van der Waals surface area contributed by atoms with E-state index in [1.165, 1.54) is 21.9 Å². The van der Waals surface area contributed by atoms with Gasteiger partial charge in [-0.2, -0.15) is 15.8 Å². The average molecular weight is 548 g/mol. The van der Waals surface area contributed by atoms with E-state index in [9.17, 15) is 15.8 Å². The van der Waals surface area contributed by atoms with Gasteiger partial charge in [0.25, 0.3) is 0 Å². The first-order valence-corrected chi connectivity index (χ1v) is 13.6. The monoisotopic (exact) mass is 547 g/mol. The number of allylic oxidation sites excluding steroid dienone is 2. The predicted molar refractivity (Wildman–Crippen MR) is 160 cm³/mol. The molecule has 0 bridgehead atoms. The number of benzene rings is 1. The molecular formula is C31H25N5OS2. The van der Waals surface area contributed by atoms with Gasteiger partial charge >= 0.3 is 0 Å². The Balaban J connectivity index is 1.45. The number of nitriles is 3. The Bertz CT molecular complexity index is 1640. The van der Waals surface area contributed by atoms with Crippen LogP contribution in [0, 0.1) is 34.0 Å². The molecule has 0 spiro atoms. The van der Waals surface area contributed by atoms with Crippen LogP contribution in [0.3, 0.4) is 0 Å². The van der Waals surface area contributed by atoms with E-state index in [-0.39, 0.29) is 16.9 Å². The van der Waals surface area contributed by atoms with Gasteiger partial charge in [-0.3, -0.25) is 0 Å². The topological polar surface area (TPSA) is 96.7 Å². The minimum atomic E-state index is -0.843. The Morgan fingerprint density at radius 2 is 1.49 bits per heavy atom. The summed E-state index contributed by atoms with van der Waals surface area (Å²) < 4.78 is 5.81. The van der Waals surface area contributed by atoms with Crippen molar-refractivity contribution in [1.29, 1.82) is 15.8 Å². The third kappa shape index (κ3) is 6.43. The highest BCUT2D eigenvalue weighted by atomic mass is 32.1. The van der Waals surface area contributed by atoms with E-state index in [1.54, 1.807) is 49.6 Å². The van der Waals surface area contributed by atoms with Gasteiger partial charge in [0.2, 0.25) is 0 Å². The van der Waals surface area contributed by atoms with E-state index in [0.717, 1.165) is 20.3 Å². The number of ether oxygens (including phenoxy) is 1. The highest BCUT2D eigenvalue weighted by Crippen LogP contribution is 2.40. The largest absolute Gasteiger partial charge is 0.480 e. The Morgan fingerprint density at radius 1 is 0.846 bits per heavy atom. The van der Waals surface area contributed by atoms with E-state index < -0.39 is 5.60 Å². The smallest absolute Gasteiger partial charge is 0.172 e. The van der Waals surface area contributed by atoms with Crippen molar-refractivity contribution in [2.24, 2.45) is 0 Å². The summed E-state index contributed by atoms with van der Waals surface area (Å²) in [4.78, 5) is 9.77. The van der Waals surface area contributed by atoms with Crippen molar-refractivity contribution in [1.82, 2.24) is 4.98 Å². The van der Waals surface area contributed by atoms with E-state index in [0.29, 0.717) is 5.57 Å². The van der Waals surface area contributed by atoms with Gasteiger partial charge in [0.1, 0.15) is 34.4 Å². The van der Waals surface area contributed by atoms with Crippen LogP contribution in [0.1, 0.15) is 39.0 Å². The second-order valence-electron chi connectivity index (χ2n) is 9.27. The number of nitrogens with zero attached hydrogens (tertiary/aromatic N) is 5. The summed E-state index contributed by atoms with van der Waals surface area (Å²) >= 11 is 3.22. The molecule has 0 unspecified atom stereocenters. The fourth-order valence-electron chi connectivity index (χ4n) is 3.87. The van der Waals surface area contributed by atoms with Crippen molar-refractivity contribution in [3.8, 4) is 18.2 Å². The van der Waals surface area contributed by atoms with Gasteiger partial charge in [-0.25, -0.2) is 4.98 Å². The molecule has 1 aliphatic rings. The van der Waals surface area contributed by atoms with Crippen LogP contribution >= 0.6 is 22.7 Å². The van der Waals surface area contributed by atoms with E-state index in [2.05, 4.69) is 64.5 Å². The van der Waals surface area contributed by atoms with Crippen molar-refractivity contribution in [3.05, 3.63) is 96.4 Å². The van der Waals surface area contributed by atoms with Crippen LogP contribution in [0.25, 0.3) is 30.4 Å². The molecule has 4 rings (SSSR count). The standard InChI is InChI=1S/C31H25N5OS2/c1-31(2)28(27(19-34)30(37-31)22(17-32)18-33)15-13-26-20-35-29(39-26)16-14-25-12-11-24(38-25)10-7-21-5-8-23(9-6-21)36(3)4/h5-16,20H,1-4H3/b10-7+,15-13+,16-14+. The molecule has 0 N–H and O–H groups in total. The molecule has 0 saturated heterocycles. The molecule has 1 aromatic carbocycles. The quantitative estimate of drug-likeness (QED) is 0.283. The van der Waals surface area contributed by atoms with Gasteiger partial charge < -0.3 is 9.64 Å². The minimum Gasteiger partial charge on any atom is -0.480 e. The normalized spacial score (nSPS) is 14.5. The van der Waals surface area contributed by atoms with Crippen LogP contribution in [-0.2, 0) is 4.74 Å². The van der Waals surface area contributed by atoms with Crippen LogP contribution in [0.2, 0.25) is 0 Å². The highest BCUT2D eigenvalue weighted by Gasteiger charge is 2.38. The first kappa shape index (κ1) is 27.4. The van der Waals surface area contributed by atoms with Gasteiger partial charge in [0.05, 0.1) is 0 Å². The molecule has 39 heavy (non-hydrogen) atoms. The third-order valence-corrected chi connectivity index (χ3v) is 7.85. The third-order valence-electron chi connectivity index (χ3n) is 5.91. The van der Waals surface area contributed by atoms with E-state index >= 15 is 0 Å². The van der Waals surface area contributed by atoms with Crippen LogP contribution in [0.4, 0.5) is 5.69 Å². The Hall–Kier alpha value is -4.68. The molecule has 8 heteroatoms. The second kappa shape index (κ2) is 11.8. The summed E-state index contributed by atoms with van der Waals surface area (Å²) in [6.07, 6.45) is 13.7. The fourth-order valence-corrected chi connectivity index (χ4v) is 5.41. The zero-order valence-corrected chi connectivity index (χ0v) is 23.6. The lowest BCUT2D eigenvalue weighted by atomic mass is 9.94. The van der Waals surface area contributed by atoms with Crippen LogP contribution in [0.5, 0.6) is 0 Å². The summed E-state index contributed by atoms with van der Waals surface area (Å²) in [5.74, 6) is 0.0347. The number of hydrogen-bond acceptors (Lipinski definition) is 8. The lowest BCUT2D eigenvalue weighted by Crippen LogP contribution is -2.20. The van der Waals surface area contributed by atoms with Crippen LogP contribution in [-0.4, -0.2) is 24.7 Å². The average Bonchev–Trinajstić information content (AvgIpc) is 3.63. The maximum Gasteiger partial charge on any atom is 0.172 e. The molecule has 192 valence electrons. The summed E-state index contributed by atoms with van der Waals surface area (Å²) in [7, 11) is 4.06. The zero-order chi connectivity index (χ0) is 28.0. The molecule has 0 radical (unpaired) electrons. The van der Waals surface area contributed by atoms with Crippen LogP contribution in [0.15, 0.2) is 71.1 Å². The van der Waals surface area contributed by atoms with Gasteiger partial charge in [-0.15, -0.1) is 22.7 Å². The highest BCUT2D eigenvalue weighted by molar-refractivity contribution is 7.14. The lowest BCUT2D eigenvalue weighted by molar-refractivity contribution is 0.0954. The molecule has 0 amide bonds. The maximum atomic E-state index is 9.68. The Labute approximate surface area is 236 Å². The van der Waals surface area contributed by atoms with Crippen molar-refractivity contribution in [2.45, 2.75) is 19.4 Å². The molecule has 0 aliphatic carbocycles. The molecule has 0 fully saturated rings. The molecular weight excluding hydrogens is 523 g/mol. The van der Waals surface area contributed by atoms with E-state index in [1.807, 2.05) is 32.3 Å². The predicted octanol–water partition coefficient (Wildman–Crippen LogP) is 7.55. The summed E-state index contributed by atoms with van der Waals surface area (Å²) in [6.45, 7) is 3.60. The number of rotatable bonds is 7. The number of aromatic nitrogens is 1. The van der Waals surface area contributed by atoms with Gasteiger partial charge in [-0.1, -0.05) is 24.3 Å². The van der Waals surface area contributed by atoms with E-state index in [4.69, 9.17) is 4.74 Å². The summed E-state index contributed by atoms with van der Waals surface area (Å²) in [6, 6.07) is 18.3. The summed E-state index contributed by atoms with van der Waals surface area (Å²) in [5, 5.41) is 29.0. The second-order valence-corrected chi connectivity index (χ2v) is 11.5. The first-order valence-electron chi connectivity index (χ1n) is 12.0. The number of hydrogen-bond donors (Lipinski definition) is 0. The minimum absolute atomic E-state index is 0.0347. The van der Waals surface area contributed by atoms with Crippen molar-refractivity contribution >= 4 is 58.7 Å². The molecule has 0 atom stereocenters.